The van der Waals surface area contributed by atoms with Gasteiger partial charge in [-0.1, -0.05) is 18.2 Å². The quantitative estimate of drug-likeness (QED) is 0.888. The first-order valence-corrected chi connectivity index (χ1v) is 7.14. The molecule has 1 heterocycles. The number of likely N-dealkylation sites (N-methyl/N-ethyl adjacent to an activating group) is 1. The van der Waals surface area contributed by atoms with E-state index < -0.39 is 5.43 Å². The number of ether oxygens (including phenoxy) is 1. The lowest BCUT2D eigenvalue weighted by Crippen LogP contribution is -2.30. The van der Waals surface area contributed by atoms with Crippen LogP contribution in [0.2, 0.25) is 0 Å². The largest absolute Gasteiger partial charge is 0.502 e. The predicted molar refractivity (Wildman–Crippen MR) is 84.3 cm³/mol. The number of benzene rings is 1. The summed E-state index contributed by atoms with van der Waals surface area (Å²) in [5.41, 5.74) is 0.712. The van der Waals surface area contributed by atoms with Crippen LogP contribution in [0, 0.1) is 0 Å². The Balaban J connectivity index is 2.04. The van der Waals surface area contributed by atoms with Crippen molar-refractivity contribution in [2.75, 3.05) is 14.2 Å². The molecule has 1 aromatic heterocycles. The molecule has 118 valence electrons. The van der Waals surface area contributed by atoms with Crippen molar-refractivity contribution in [1.82, 2.24) is 4.90 Å². The highest BCUT2D eigenvalue weighted by Crippen LogP contribution is 2.20. The molecule has 0 aliphatic heterocycles. The van der Waals surface area contributed by atoms with Crippen LogP contribution in [0.1, 0.15) is 18.2 Å². The Kier molecular flexibility index (Phi) is 5.22. The van der Waals surface area contributed by atoms with E-state index in [-0.39, 0.29) is 11.8 Å². The molecule has 0 fully saturated rings. The molecule has 2 aromatic rings. The van der Waals surface area contributed by atoms with E-state index in [2.05, 4.69) is 11.8 Å². The molecule has 22 heavy (non-hydrogen) atoms. The summed E-state index contributed by atoms with van der Waals surface area (Å²) in [4.78, 5) is 13.5. The Hall–Kier alpha value is -2.27. The highest BCUT2D eigenvalue weighted by molar-refractivity contribution is 5.33. The van der Waals surface area contributed by atoms with E-state index >= 15 is 0 Å². The third-order valence-electron chi connectivity index (χ3n) is 3.73. The van der Waals surface area contributed by atoms with Crippen molar-refractivity contribution >= 4 is 0 Å². The summed E-state index contributed by atoms with van der Waals surface area (Å²) in [7, 11) is 3.63. The zero-order chi connectivity index (χ0) is 16.1. The molecule has 0 spiro atoms. The highest BCUT2D eigenvalue weighted by atomic mass is 16.5. The Morgan fingerprint density at radius 2 is 2.09 bits per heavy atom. The first-order chi connectivity index (χ1) is 10.5. The number of nitrogens with zero attached hydrogens (tertiary/aromatic N) is 1. The van der Waals surface area contributed by atoms with Crippen LogP contribution in [0.5, 0.6) is 11.5 Å². The Morgan fingerprint density at radius 3 is 2.77 bits per heavy atom. The van der Waals surface area contributed by atoms with Gasteiger partial charge in [0.25, 0.3) is 0 Å². The minimum absolute atomic E-state index is 0.232. The Bertz CT molecular complexity index is 680. The van der Waals surface area contributed by atoms with Crippen molar-refractivity contribution in [3.05, 3.63) is 58.1 Å². The summed E-state index contributed by atoms with van der Waals surface area (Å²) < 4.78 is 10.6. The van der Waals surface area contributed by atoms with Crippen molar-refractivity contribution in [3.8, 4) is 11.5 Å². The maximum atomic E-state index is 11.4. The normalized spacial score (nSPS) is 12.4. The molecule has 0 amide bonds. The summed E-state index contributed by atoms with van der Waals surface area (Å²) in [6, 6.07) is 9.48. The number of aromatic hydroxyl groups is 1. The number of methoxy groups -OCH3 is 1. The van der Waals surface area contributed by atoms with Gasteiger partial charge in [0.15, 0.2) is 5.75 Å². The first kappa shape index (κ1) is 16.1. The monoisotopic (exact) mass is 303 g/mol. The van der Waals surface area contributed by atoms with Crippen LogP contribution in [0.15, 0.2) is 45.8 Å². The summed E-state index contributed by atoms with van der Waals surface area (Å²) in [6.45, 7) is 2.59. The fourth-order valence-corrected chi connectivity index (χ4v) is 2.27. The summed E-state index contributed by atoms with van der Waals surface area (Å²) in [6.07, 6.45) is 1.90. The van der Waals surface area contributed by atoms with E-state index in [1.165, 1.54) is 6.07 Å². The van der Waals surface area contributed by atoms with E-state index in [1.807, 2.05) is 31.3 Å². The van der Waals surface area contributed by atoms with E-state index in [1.54, 1.807) is 7.11 Å². The Morgan fingerprint density at radius 1 is 1.36 bits per heavy atom. The SMILES string of the molecule is COc1ccccc1C[C@@H](C)N(C)Cc1cc(=O)c(O)co1. The average Bonchev–Trinajstić information content (AvgIpc) is 2.51. The molecule has 0 bridgehead atoms. The number of para-hydroxylation sites is 1. The topological polar surface area (TPSA) is 62.9 Å². The lowest BCUT2D eigenvalue weighted by molar-refractivity contribution is 0.224. The zero-order valence-electron chi connectivity index (χ0n) is 13.1. The van der Waals surface area contributed by atoms with Crippen molar-refractivity contribution in [1.29, 1.82) is 0 Å². The Labute approximate surface area is 129 Å². The maximum absolute atomic E-state index is 11.4. The minimum Gasteiger partial charge on any atom is -0.502 e. The molecule has 5 heteroatoms. The van der Waals surface area contributed by atoms with Gasteiger partial charge in [-0.2, -0.15) is 0 Å². The minimum atomic E-state index is -0.424. The van der Waals surface area contributed by atoms with E-state index in [4.69, 9.17) is 9.15 Å². The molecule has 0 saturated carbocycles. The molecular weight excluding hydrogens is 282 g/mol. The van der Waals surface area contributed by atoms with Crippen LogP contribution in [0.25, 0.3) is 0 Å². The van der Waals surface area contributed by atoms with Crippen molar-refractivity contribution in [2.45, 2.75) is 25.9 Å². The molecule has 0 saturated heterocycles. The van der Waals surface area contributed by atoms with Crippen molar-refractivity contribution in [2.24, 2.45) is 0 Å². The molecule has 5 nitrogen and oxygen atoms in total. The third-order valence-corrected chi connectivity index (χ3v) is 3.73. The second-order valence-electron chi connectivity index (χ2n) is 5.38. The fourth-order valence-electron chi connectivity index (χ4n) is 2.27. The number of hydrogen-bond acceptors (Lipinski definition) is 5. The molecule has 1 atom stereocenters. The zero-order valence-corrected chi connectivity index (χ0v) is 13.1. The summed E-state index contributed by atoms with van der Waals surface area (Å²) in [5, 5.41) is 9.21. The van der Waals surface area contributed by atoms with Gasteiger partial charge in [-0.15, -0.1) is 0 Å². The molecule has 0 unspecified atom stereocenters. The van der Waals surface area contributed by atoms with Gasteiger partial charge in [0, 0.05) is 12.1 Å². The van der Waals surface area contributed by atoms with Gasteiger partial charge in [-0.05, 0) is 32.0 Å². The highest BCUT2D eigenvalue weighted by Gasteiger charge is 2.14. The second-order valence-corrected chi connectivity index (χ2v) is 5.38. The van der Waals surface area contributed by atoms with Gasteiger partial charge >= 0.3 is 0 Å². The molecule has 1 aromatic carbocycles. The van der Waals surface area contributed by atoms with Gasteiger partial charge < -0.3 is 14.3 Å². The van der Waals surface area contributed by atoms with Gasteiger partial charge in [-0.3, -0.25) is 9.69 Å². The molecule has 0 radical (unpaired) electrons. The molecule has 0 aliphatic rings. The number of rotatable bonds is 6. The van der Waals surface area contributed by atoms with Gasteiger partial charge in [0.1, 0.15) is 17.8 Å². The standard InChI is InChI=1S/C17H21NO4/c1-12(8-13-6-4-5-7-17(13)21-3)18(2)10-14-9-15(19)16(20)11-22-14/h4-7,9,11-12,20H,8,10H2,1-3H3/t12-/m1/s1. The van der Waals surface area contributed by atoms with Crippen molar-refractivity contribution < 1.29 is 14.3 Å². The summed E-state index contributed by atoms with van der Waals surface area (Å²) >= 11 is 0. The number of hydrogen-bond donors (Lipinski definition) is 1. The first-order valence-electron chi connectivity index (χ1n) is 7.14. The van der Waals surface area contributed by atoms with Crippen LogP contribution in [-0.2, 0) is 13.0 Å². The van der Waals surface area contributed by atoms with Crippen LogP contribution < -0.4 is 10.2 Å². The molecule has 1 N–H and O–H groups in total. The van der Waals surface area contributed by atoms with Gasteiger partial charge in [-0.25, -0.2) is 0 Å². The molecular formula is C17H21NO4. The lowest BCUT2D eigenvalue weighted by Gasteiger charge is -2.24. The van der Waals surface area contributed by atoms with E-state index in [0.29, 0.717) is 12.3 Å². The average molecular weight is 303 g/mol. The van der Waals surface area contributed by atoms with Crippen LogP contribution in [0.4, 0.5) is 0 Å². The predicted octanol–water partition coefficient (Wildman–Crippen LogP) is 2.42. The lowest BCUT2D eigenvalue weighted by atomic mass is 10.1. The molecule has 0 aliphatic carbocycles. The van der Waals surface area contributed by atoms with E-state index in [9.17, 15) is 9.90 Å². The van der Waals surface area contributed by atoms with Crippen molar-refractivity contribution in [3.63, 3.8) is 0 Å². The molecule has 2 rings (SSSR count). The van der Waals surface area contributed by atoms with Crippen LogP contribution >= 0.6 is 0 Å². The third kappa shape index (κ3) is 3.89. The van der Waals surface area contributed by atoms with Crippen LogP contribution in [-0.4, -0.2) is 30.2 Å². The second kappa shape index (κ2) is 7.13. The van der Waals surface area contributed by atoms with Crippen LogP contribution in [0.3, 0.4) is 0 Å². The van der Waals surface area contributed by atoms with Gasteiger partial charge in [0.05, 0.1) is 13.7 Å². The fraction of sp³-hybridized carbons (Fsp3) is 0.353. The summed E-state index contributed by atoms with van der Waals surface area (Å²) in [5.74, 6) is 1.03. The maximum Gasteiger partial charge on any atom is 0.226 e. The smallest absolute Gasteiger partial charge is 0.226 e. The van der Waals surface area contributed by atoms with E-state index in [0.717, 1.165) is 24.0 Å². The van der Waals surface area contributed by atoms with Gasteiger partial charge in [0.2, 0.25) is 5.43 Å².